The van der Waals surface area contributed by atoms with Crippen molar-refractivity contribution < 1.29 is 4.79 Å². The first-order valence-corrected chi connectivity index (χ1v) is 6.84. The molecule has 1 aromatic rings. The van der Waals surface area contributed by atoms with Gasteiger partial charge in [-0.3, -0.25) is 4.79 Å². The van der Waals surface area contributed by atoms with Crippen LogP contribution in [0.2, 0.25) is 0 Å². The largest absolute Gasteiger partial charge is 0.357 e. The third kappa shape index (κ3) is 4.52. The smallest absolute Gasteiger partial charge is 0.227 e. The summed E-state index contributed by atoms with van der Waals surface area (Å²) in [4.78, 5) is 18.3. The SMILES string of the molecule is CCN(CC)c1ccc(NC(=O)C(C)CCN)cn1. The van der Waals surface area contributed by atoms with Crippen molar-refractivity contribution in [3.8, 4) is 0 Å². The summed E-state index contributed by atoms with van der Waals surface area (Å²) in [7, 11) is 0. The van der Waals surface area contributed by atoms with E-state index in [4.69, 9.17) is 5.73 Å². The third-order valence-electron chi connectivity index (χ3n) is 3.15. The molecular weight excluding hydrogens is 240 g/mol. The van der Waals surface area contributed by atoms with Crippen LogP contribution >= 0.6 is 0 Å². The van der Waals surface area contributed by atoms with Gasteiger partial charge in [-0.1, -0.05) is 6.92 Å². The molecular formula is C14H24N4O. The van der Waals surface area contributed by atoms with Crippen molar-refractivity contribution in [1.29, 1.82) is 0 Å². The fourth-order valence-corrected chi connectivity index (χ4v) is 1.84. The van der Waals surface area contributed by atoms with E-state index in [1.54, 1.807) is 6.20 Å². The number of carbonyl (C=O) groups is 1. The van der Waals surface area contributed by atoms with Crippen LogP contribution in [0.4, 0.5) is 11.5 Å². The number of nitrogens with one attached hydrogen (secondary N) is 1. The first kappa shape index (κ1) is 15.4. The van der Waals surface area contributed by atoms with E-state index in [1.165, 1.54) is 0 Å². The molecule has 0 saturated carbocycles. The number of hydrogen-bond acceptors (Lipinski definition) is 4. The summed E-state index contributed by atoms with van der Waals surface area (Å²) in [6.45, 7) is 8.42. The van der Waals surface area contributed by atoms with Gasteiger partial charge < -0.3 is 16.0 Å². The van der Waals surface area contributed by atoms with Gasteiger partial charge in [-0.05, 0) is 38.9 Å². The highest BCUT2D eigenvalue weighted by Gasteiger charge is 2.12. The summed E-state index contributed by atoms with van der Waals surface area (Å²) in [5.74, 6) is 0.841. The van der Waals surface area contributed by atoms with E-state index in [-0.39, 0.29) is 11.8 Å². The van der Waals surface area contributed by atoms with E-state index in [9.17, 15) is 4.79 Å². The average molecular weight is 264 g/mol. The molecule has 1 heterocycles. The van der Waals surface area contributed by atoms with Crippen molar-refractivity contribution in [3.05, 3.63) is 18.3 Å². The zero-order chi connectivity index (χ0) is 14.3. The second-order valence-corrected chi connectivity index (χ2v) is 4.55. The van der Waals surface area contributed by atoms with Gasteiger partial charge in [0, 0.05) is 19.0 Å². The van der Waals surface area contributed by atoms with Crippen LogP contribution in [0.1, 0.15) is 27.2 Å². The molecule has 1 atom stereocenters. The van der Waals surface area contributed by atoms with E-state index in [0.717, 1.165) is 24.6 Å². The fourth-order valence-electron chi connectivity index (χ4n) is 1.84. The van der Waals surface area contributed by atoms with Crippen molar-refractivity contribution >= 4 is 17.4 Å². The van der Waals surface area contributed by atoms with Gasteiger partial charge in [-0.2, -0.15) is 0 Å². The van der Waals surface area contributed by atoms with Crippen LogP contribution < -0.4 is 16.0 Å². The number of pyridine rings is 1. The molecule has 5 nitrogen and oxygen atoms in total. The number of anilines is 2. The van der Waals surface area contributed by atoms with Crippen LogP contribution in [0, 0.1) is 5.92 Å². The molecule has 1 amide bonds. The Kier molecular flexibility index (Phi) is 6.29. The van der Waals surface area contributed by atoms with E-state index < -0.39 is 0 Å². The second-order valence-electron chi connectivity index (χ2n) is 4.55. The number of carbonyl (C=O) groups excluding carboxylic acids is 1. The molecule has 0 radical (unpaired) electrons. The van der Waals surface area contributed by atoms with Gasteiger partial charge in [0.05, 0.1) is 11.9 Å². The van der Waals surface area contributed by atoms with Crippen LogP contribution in [0.15, 0.2) is 18.3 Å². The Balaban J connectivity index is 2.64. The van der Waals surface area contributed by atoms with Crippen molar-refractivity contribution in [3.63, 3.8) is 0 Å². The van der Waals surface area contributed by atoms with Crippen LogP contribution in [0.5, 0.6) is 0 Å². The summed E-state index contributed by atoms with van der Waals surface area (Å²) >= 11 is 0. The van der Waals surface area contributed by atoms with Gasteiger partial charge in [-0.15, -0.1) is 0 Å². The Morgan fingerprint density at radius 3 is 2.58 bits per heavy atom. The maximum atomic E-state index is 11.8. The third-order valence-corrected chi connectivity index (χ3v) is 3.15. The second kappa shape index (κ2) is 7.74. The van der Waals surface area contributed by atoms with Gasteiger partial charge in [-0.25, -0.2) is 4.98 Å². The highest BCUT2D eigenvalue weighted by atomic mass is 16.1. The molecule has 0 aromatic carbocycles. The van der Waals surface area contributed by atoms with Crippen molar-refractivity contribution in [2.24, 2.45) is 11.7 Å². The molecule has 0 bridgehead atoms. The minimum absolute atomic E-state index is 0.0113. The molecule has 5 heteroatoms. The zero-order valence-electron chi connectivity index (χ0n) is 12.0. The Morgan fingerprint density at radius 1 is 1.42 bits per heavy atom. The van der Waals surface area contributed by atoms with E-state index in [1.807, 2.05) is 19.1 Å². The Bertz CT molecular complexity index is 387. The normalized spacial score (nSPS) is 12.0. The molecule has 106 valence electrons. The van der Waals surface area contributed by atoms with Gasteiger partial charge in [0.25, 0.3) is 0 Å². The molecule has 0 fully saturated rings. The number of aromatic nitrogens is 1. The summed E-state index contributed by atoms with van der Waals surface area (Å²) in [5.41, 5.74) is 6.17. The molecule has 1 aromatic heterocycles. The standard InChI is InChI=1S/C14H24N4O/c1-4-18(5-2)13-7-6-12(10-16-13)17-14(19)11(3)8-9-15/h6-7,10-11H,4-5,8-9,15H2,1-3H3,(H,17,19). The predicted molar refractivity (Wildman–Crippen MR) is 79.3 cm³/mol. The molecule has 0 aliphatic heterocycles. The summed E-state index contributed by atoms with van der Waals surface area (Å²) in [5, 5.41) is 2.85. The molecule has 0 spiro atoms. The van der Waals surface area contributed by atoms with Crippen LogP contribution in [-0.2, 0) is 4.79 Å². The van der Waals surface area contributed by atoms with Gasteiger partial charge >= 0.3 is 0 Å². The maximum Gasteiger partial charge on any atom is 0.227 e. The Labute approximate surface area is 115 Å². The van der Waals surface area contributed by atoms with Crippen molar-refractivity contribution in [2.75, 3.05) is 29.9 Å². The number of hydrogen-bond donors (Lipinski definition) is 2. The monoisotopic (exact) mass is 264 g/mol. The zero-order valence-corrected chi connectivity index (χ0v) is 12.0. The average Bonchev–Trinajstić information content (AvgIpc) is 2.42. The van der Waals surface area contributed by atoms with Crippen molar-refractivity contribution in [1.82, 2.24) is 4.98 Å². The highest BCUT2D eigenvalue weighted by molar-refractivity contribution is 5.92. The molecule has 0 aliphatic rings. The van der Waals surface area contributed by atoms with Gasteiger partial charge in [0.2, 0.25) is 5.91 Å². The Morgan fingerprint density at radius 2 is 2.11 bits per heavy atom. The number of nitrogens with zero attached hydrogens (tertiary/aromatic N) is 2. The van der Waals surface area contributed by atoms with Crippen LogP contribution in [0.25, 0.3) is 0 Å². The lowest BCUT2D eigenvalue weighted by molar-refractivity contribution is -0.119. The van der Waals surface area contributed by atoms with E-state index in [0.29, 0.717) is 13.0 Å². The Hall–Kier alpha value is -1.62. The predicted octanol–water partition coefficient (Wildman–Crippen LogP) is 1.85. The first-order valence-electron chi connectivity index (χ1n) is 6.84. The topological polar surface area (TPSA) is 71.2 Å². The molecule has 3 N–H and O–H groups in total. The molecule has 19 heavy (non-hydrogen) atoms. The first-order chi connectivity index (χ1) is 9.12. The molecule has 0 aliphatic carbocycles. The number of rotatable bonds is 7. The van der Waals surface area contributed by atoms with Crippen LogP contribution in [-0.4, -0.2) is 30.5 Å². The minimum atomic E-state index is -0.0764. The van der Waals surface area contributed by atoms with Gasteiger partial charge in [0.1, 0.15) is 5.82 Å². The molecule has 1 unspecified atom stereocenters. The van der Waals surface area contributed by atoms with Gasteiger partial charge in [0.15, 0.2) is 0 Å². The lowest BCUT2D eigenvalue weighted by Crippen LogP contribution is -2.24. The van der Waals surface area contributed by atoms with E-state index >= 15 is 0 Å². The lowest BCUT2D eigenvalue weighted by atomic mass is 10.1. The maximum absolute atomic E-state index is 11.8. The lowest BCUT2D eigenvalue weighted by Gasteiger charge is -2.19. The number of amides is 1. The van der Waals surface area contributed by atoms with E-state index in [2.05, 4.69) is 29.0 Å². The summed E-state index contributed by atoms with van der Waals surface area (Å²) in [6, 6.07) is 3.81. The quantitative estimate of drug-likeness (QED) is 0.788. The van der Waals surface area contributed by atoms with Crippen molar-refractivity contribution in [2.45, 2.75) is 27.2 Å². The minimum Gasteiger partial charge on any atom is -0.357 e. The fraction of sp³-hybridized carbons (Fsp3) is 0.571. The van der Waals surface area contributed by atoms with Crippen LogP contribution in [0.3, 0.4) is 0 Å². The summed E-state index contributed by atoms with van der Waals surface area (Å²) in [6.07, 6.45) is 2.39. The molecule has 1 rings (SSSR count). The number of nitrogens with two attached hydrogens (primary N) is 1. The highest BCUT2D eigenvalue weighted by Crippen LogP contribution is 2.15. The molecule has 0 saturated heterocycles. The summed E-state index contributed by atoms with van der Waals surface area (Å²) < 4.78 is 0.